The van der Waals surface area contributed by atoms with Crippen LogP contribution in [0.15, 0.2) is 48.8 Å². The number of aliphatic carboxylic acids is 1. The average molecular weight is 934 g/mol. The van der Waals surface area contributed by atoms with Crippen LogP contribution in [0, 0.1) is 0 Å². The van der Waals surface area contributed by atoms with E-state index in [0.29, 0.717) is 17.7 Å². The molecule has 2 saturated heterocycles. The van der Waals surface area contributed by atoms with Gasteiger partial charge in [-0.1, -0.05) is 22.6 Å². The number of carboxylic acids is 1. The van der Waals surface area contributed by atoms with Gasteiger partial charge in [0.2, 0.25) is 23.6 Å². The summed E-state index contributed by atoms with van der Waals surface area (Å²) in [5, 5.41) is 28.1. The Morgan fingerprint density at radius 2 is 1.18 bits per heavy atom. The summed E-state index contributed by atoms with van der Waals surface area (Å²) in [7, 11) is -1.00. The number of carboxylic acid groups (broad SMARTS) is 1. The summed E-state index contributed by atoms with van der Waals surface area (Å²) < 4.78 is 40.3. The van der Waals surface area contributed by atoms with Crippen LogP contribution in [0.2, 0.25) is 0 Å². The van der Waals surface area contributed by atoms with Crippen molar-refractivity contribution < 1.29 is 77.8 Å². The number of benzene rings is 2. The van der Waals surface area contributed by atoms with E-state index < -0.39 is 72.5 Å². The topological polar surface area (TPSA) is 320 Å². The standard InChI is InChI=1S/C20H19N5O8.C20H19N5O7.CH3F/c26-15-5-4-13(18(29)21-15)25-19(30)12-2-1-3-14(17(12)20(25)31)33-7-6-32-10-11-8-24(23-22-11)9-16(27)28;26-7-6-24-10-12(22-23-24)11-31-8-9-32-15-3-1-2-13-17(15)20(30)25(19(13)29)14-4-5-16(27)21-18(14)28;1-2/h1-3,8,13H,4-7,9-10H2,(H,27,28)(H,21,26,29);1-3,7,10,14H,4-6,8-9,11H2,(H,21,27,28);1H3/i;;1D. The first-order chi connectivity index (χ1) is 32.8. The second-order valence-corrected chi connectivity index (χ2v) is 14.5. The van der Waals surface area contributed by atoms with E-state index in [1.54, 1.807) is 24.4 Å². The van der Waals surface area contributed by atoms with E-state index in [9.17, 15) is 52.3 Å². The van der Waals surface area contributed by atoms with Crippen LogP contribution >= 0.6 is 0 Å². The molecule has 2 aromatic carbocycles. The minimum atomic E-state index is -1.05. The maximum Gasteiger partial charge on any atom is 0.325 e. The van der Waals surface area contributed by atoms with Crippen molar-refractivity contribution in [3.63, 3.8) is 0 Å². The average Bonchev–Trinajstić information content (AvgIpc) is 4.07. The zero-order valence-corrected chi connectivity index (χ0v) is 35.2. The Balaban J connectivity index is 0.000000212. The molecule has 6 heterocycles. The fourth-order valence-electron chi connectivity index (χ4n) is 7.17. The van der Waals surface area contributed by atoms with Gasteiger partial charge in [0.1, 0.15) is 61.0 Å². The second kappa shape index (κ2) is 22.2. The number of hydrogen-bond donors (Lipinski definition) is 3. The number of aldehydes is 1. The molecular weight excluding hydrogens is 892 g/mol. The molecule has 67 heavy (non-hydrogen) atoms. The number of nitrogens with one attached hydrogen (secondary N) is 2. The molecule has 8 amide bonds. The maximum atomic E-state index is 13.0. The monoisotopic (exact) mass is 933 g/mol. The highest BCUT2D eigenvalue weighted by atomic mass is 19.1. The Morgan fingerprint density at radius 3 is 1.61 bits per heavy atom. The molecule has 2 fully saturated rings. The molecule has 2 unspecified atom stereocenters. The van der Waals surface area contributed by atoms with Crippen molar-refractivity contribution in [3.8, 4) is 11.5 Å². The fourth-order valence-corrected chi connectivity index (χ4v) is 7.17. The van der Waals surface area contributed by atoms with Crippen molar-refractivity contribution in [3.05, 3.63) is 82.4 Å². The number of piperidine rings is 2. The highest BCUT2D eigenvalue weighted by Gasteiger charge is 2.47. The third-order valence-electron chi connectivity index (χ3n) is 10.1. The first-order valence-corrected chi connectivity index (χ1v) is 20.1. The van der Waals surface area contributed by atoms with E-state index >= 15 is 0 Å². The Hall–Kier alpha value is -8.13. The van der Waals surface area contributed by atoms with Crippen LogP contribution < -0.4 is 20.1 Å². The molecule has 4 aliphatic rings. The van der Waals surface area contributed by atoms with Crippen LogP contribution in [0.25, 0.3) is 0 Å². The van der Waals surface area contributed by atoms with Gasteiger partial charge in [0.15, 0.2) is 0 Å². The van der Waals surface area contributed by atoms with Gasteiger partial charge >= 0.3 is 5.97 Å². The Morgan fingerprint density at radius 1 is 0.731 bits per heavy atom. The van der Waals surface area contributed by atoms with Gasteiger partial charge in [-0.3, -0.25) is 68.0 Å². The normalized spacial score (nSPS) is 17.7. The van der Waals surface area contributed by atoms with E-state index in [1.807, 2.05) is 0 Å². The third kappa shape index (κ3) is 11.2. The Labute approximate surface area is 378 Å². The van der Waals surface area contributed by atoms with E-state index in [2.05, 4.69) is 31.3 Å². The number of carbonyl (C=O) groups is 10. The lowest BCUT2D eigenvalue weighted by Crippen LogP contribution is -2.54. The molecule has 4 aromatic rings. The summed E-state index contributed by atoms with van der Waals surface area (Å²) in [6.07, 6.45) is 3.98. The molecule has 0 aliphatic carbocycles. The molecule has 3 N–H and O–H groups in total. The molecule has 8 rings (SSSR count). The van der Waals surface area contributed by atoms with Gasteiger partial charge in [-0.2, -0.15) is 0 Å². The number of ether oxygens (including phenoxy) is 4. The number of aromatic nitrogens is 6. The third-order valence-corrected chi connectivity index (χ3v) is 10.1. The summed E-state index contributed by atoms with van der Waals surface area (Å²) in [6, 6.07) is 7.12. The molecule has 2 atom stereocenters. The lowest BCUT2D eigenvalue weighted by molar-refractivity contribution is -0.138. The van der Waals surface area contributed by atoms with Gasteiger partial charge in [-0.25, -0.2) is 9.36 Å². The quantitative estimate of drug-likeness (QED) is 0.0638. The first-order valence-electron chi connectivity index (χ1n) is 20.9. The summed E-state index contributed by atoms with van der Waals surface area (Å²) in [5.74, 6) is -5.39. The first kappa shape index (κ1) is 46.9. The molecule has 0 spiro atoms. The number of imide groups is 4. The zero-order valence-electron chi connectivity index (χ0n) is 36.2. The number of rotatable bonds is 18. The van der Waals surface area contributed by atoms with E-state index in [4.69, 9.17) is 25.4 Å². The molecule has 0 saturated carbocycles. The molecule has 0 bridgehead atoms. The lowest BCUT2D eigenvalue weighted by atomic mass is 10.0. The smallest absolute Gasteiger partial charge is 0.325 e. The molecule has 4 aliphatic heterocycles. The Bertz CT molecular complexity index is 2620. The Kier molecular flexibility index (Phi) is 15.5. The fraction of sp³-hybridized carbons (Fsp3) is 0.366. The van der Waals surface area contributed by atoms with Crippen molar-refractivity contribution in [2.45, 2.75) is 64.1 Å². The number of carbonyl (C=O) groups excluding carboxylic acids is 9. The van der Waals surface area contributed by atoms with Crippen molar-refractivity contribution in [1.29, 1.82) is 0 Å². The summed E-state index contributed by atoms with van der Waals surface area (Å²) in [4.78, 5) is 122. The SMILES string of the molecule is O=C(O)Cn1cc(COCCOc2cccc3c2C(=O)N(C2CCC(=O)NC2=O)C3=O)nn1.O=CCn1cc(COCCOc2cccc3c2C(=O)N(C2CCC(=O)NC2=O)C3=O)nn1.[2H]CF. The summed E-state index contributed by atoms with van der Waals surface area (Å²) in [6.45, 7) is 0.484. The van der Waals surface area contributed by atoms with Gasteiger partial charge < -0.3 is 28.8 Å². The minimum absolute atomic E-state index is 0.0363. The van der Waals surface area contributed by atoms with Crippen LogP contribution in [-0.2, 0) is 64.5 Å². The van der Waals surface area contributed by atoms with Gasteiger partial charge in [-0.05, 0) is 37.1 Å². The lowest BCUT2D eigenvalue weighted by Gasteiger charge is -2.27. The zero-order chi connectivity index (χ0) is 48.9. The van der Waals surface area contributed by atoms with Crippen molar-refractivity contribution in [1.82, 2.24) is 50.4 Å². The van der Waals surface area contributed by atoms with Crippen LogP contribution in [0.3, 0.4) is 0 Å². The van der Waals surface area contributed by atoms with Gasteiger partial charge in [0.25, 0.3) is 23.6 Å². The minimum Gasteiger partial charge on any atom is -0.490 e. The van der Waals surface area contributed by atoms with Crippen LogP contribution in [0.5, 0.6) is 11.5 Å². The number of fused-ring (bicyclic) bond motifs is 2. The molecule has 2 aromatic heterocycles. The summed E-state index contributed by atoms with van der Waals surface area (Å²) >= 11 is 0. The highest BCUT2D eigenvalue weighted by molar-refractivity contribution is 6.25. The van der Waals surface area contributed by atoms with E-state index in [0.717, 1.165) is 9.80 Å². The van der Waals surface area contributed by atoms with Crippen molar-refractivity contribution in [2.75, 3.05) is 33.6 Å². The van der Waals surface area contributed by atoms with Crippen LogP contribution in [0.1, 0.15) is 79.9 Å². The number of amides is 8. The van der Waals surface area contributed by atoms with E-state index in [-0.39, 0.29) is 112 Å². The predicted octanol–water partition coefficient (Wildman–Crippen LogP) is -0.581. The highest BCUT2D eigenvalue weighted by Crippen LogP contribution is 2.35. The predicted molar refractivity (Wildman–Crippen MR) is 217 cm³/mol. The molecular formula is C41H41FN10O15. The second-order valence-electron chi connectivity index (χ2n) is 14.5. The van der Waals surface area contributed by atoms with Gasteiger partial charge in [-0.15, -0.1) is 10.2 Å². The van der Waals surface area contributed by atoms with Crippen molar-refractivity contribution in [2.24, 2.45) is 0 Å². The summed E-state index contributed by atoms with van der Waals surface area (Å²) in [5.41, 5.74) is 1.40. The molecule has 352 valence electrons. The van der Waals surface area contributed by atoms with Gasteiger partial charge in [0, 0.05) is 12.8 Å². The van der Waals surface area contributed by atoms with Crippen molar-refractivity contribution >= 4 is 59.5 Å². The number of hydrogen-bond acceptors (Lipinski definition) is 18. The molecule has 25 nitrogen and oxygen atoms in total. The van der Waals surface area contributed by atoms with Crippen LogP contribution in [0.4, 0.5) is 4.39 Å². The molecule has 26 heteroatoms. The maximum absolute atomic E-state index is 13.0. The number of alkyl halides is 1. The molecule has 0 radical (unpaired) electrons. The van der Waals surface area contributed by atoms with E-state index in [1.165, 1.54) is 33.8 Å². The number of nitrogens with zero attached hydrogens (tertiary/aromatic N) is 8. The van der Waals surface area contributed by atoms with Gasteiger partial charge in [0.05, 0.1) is 76.1 Å². The largest absolute Gasteiger partial charge is 0.490 e. The van der Waals surface area contributed by atoms with Crippen LogP contribution in [-0.4, -0.2) is 150 Å². The number of halogens is 1.